The second-order valence-corrected chi connectivity index (χ2v) is 2.98. The van der Waals surface area contributed by atoms with Gasteiger partial charge in [0.05, 0.1) is 0 Å². The highest BCUT2D eigenvalue weighted by molar-refractivity contribution is 5.61. The third kappa shape index (κ3) is 1.64. The molecule has 14 heavy (non-hydrogen) atoms. The van der Waals surface area contributed by atoms with Crippen LogP contribution in [-0.4, -0.2) is 5.11 Å². The molecule has 0 aromatic carbocycles. The molecule has 0 fully saturated rings. The van der Waals surface area contributed by atoms with Crippen molar-refractivity contribution in [2.24, 2.45) is 0 Å². The first-order valence-electron chi connectivity index (χ1n) is 4.38. The van der Waals surface area contributed by atoms with Crippen LogP contribution in [0.15, 0.2) is 17.1 Å². The lowest BCUT2D eigenvalue weighted by atomic mass is 10.2. The predicted molar refractivity (Wildman–Crippen MR) is 60.0 cm³/mol. The predicted octanol–water partition coefficient (Wildman–Crippen LogP) is 2.05. The van der Waals surface area contributed by atoms with E-state index in [0.717, 1.165) is 5.56 Å². The van der Waals surface area contributed by atoms with E-state index in [4.69, 9.17) is 4.42 Å². The highest BCUT2D eigenvalue weighted by Gasteiger charge is 2.05. The van der Waals surface area contributed by atoms with Crippen molar-refractivity contribution < 1.29 is 9.52 Å². The van der Waals surface area contributed by atoms with Gasteiger partial charge in [-0.3, -0.25) is 0 Å². The Morgan fingerprint density at radius 3 is 2.57 bits per heavy atom. The van der Waals surface area contributed by atoms with Crippen molar-refractivity contribution in [3.05, 3.63) is 34.6 Å². The van der Waals surface area contributed by atoms with E-state index in [1.165, 1.54) is 0 Å². The molecule has 0 aliphatic heterocycles. The number of rotatable bonds is 2. The van der Waals surface area contributed by atoms with Crippen molar-refractivity contribution in [2.75, 3.05) is 0 Å². The van der Waals surface area contributed by atoms with E-state index in [0.29, 0.717) is 16.4 Å². The van der Waals surface area contributed by atoms with Gasteiger partial charge in [-0.15, -0.1) is 0 Å². The molecule has 0 unspecified atom stereocenters. The first-order chi connectivity index (χ1) is 6.61. The first kappa shape index (κ1) is 10.4. The molecule has 0 spiro atoms. The van der Waals surface area contributed by atoms with Crippen molar-refractivity contribution in [3.63, 3.8) is 0 Å². The number of aliphatic hydroxyl groups excluding tert-OH is 1. The largest absolute Gasteiger partial charge is 0.509 e. The van der Waals surface area contributed by atoms with Crippen LogP contribution in [0.3, 0.4) is 0 Å². The lowest BCUT2D eigenvalue weighted by Crippen LogP contribution is -2.22. The Morgan fingerprint density at radius 1 is 1.50 bits per heavy atom. The Labute approximate surface area is 83.2 Å². The Morgan fingerprint density at radius 2 is 2.14 bits per heavy atom. The fourth-order valence-electron chi connectivity index (χ4n) is 1.29. The van der Waals surface area contributed by atoms with Gasteiger partial charge in [0.1, 0.15) is 11.5 Å². The van der Waals surface area contributed by atoms with E-state index in [-0.39, 0.29) is 5.76 Å². The second kappa shape index (κ2) is 4.01. The standard InChI is InChI=1S/C12H14O2/c1-5-7-10-8(3)12(9(4)13)14-11(10)6-2/h5-7,13H,2-3H2,1,4H3/b7-5-,12-9-. The van der Waals surface area contributed by atoms with Gasteiger partial charge in [0.15, 0.2) is 5.42 Å². The summed E-state index contributed by atoms with van der Waals surface area (Å²) in [5.74, 6) is 0.769. The Kier molecular flexibility index (Phi) is 2.97. The third-order valence-electron chi connectivity index (χ3n) is 1.92. The van der Waals surface area contributed by atoms with Crippen molar-refractivity contribution in [2.45, 2.75) is 13.8 Å². The second-order valence-electron chi connectivity index (χ2n) is 2.98. The monoisotopic (exact) mass is 190 g/mol. The molecular formula is C12H14O2. The molecule has 1 rings (SSSR count). The molecule has 0 bridgehead atoms. The van der Waals surface area contributed by atoms with Gasteiger partial charge in [0, 0.05) is 10.8 Å². The van der Waals surface area contributed by atoms with Gasteiger partial charge >= 0.3 is 0 Å². The molecule has 0 saturated heterocycles. The Bertz CT molecular complexity index is 471. The topological polar surface area (TPSA) is 33.4 Å². The smallest absolute Gasteiger partial charge is 0.171 e. The maximum Gasteiger partial charge on any atom is 0.171 e. The normalized spacial score (nSPS) is 13.3. The third-order valence-corrected chi connectivity index (χ3v) is 1.92. The zero-order chi connectivity index (χ0) is 10.7. The summed E-state index contributed by atoms with van der Waals surface area (Å²) in [6.45, 7) is 11.0. The van der Waals surface area contributed by atoms with E-state index in [9.17, 15) is 5.11 Å². The van der Waals surface area contributed by atoms with Crippen LogP contribution >= 0.6 is 0 Å². The fourth-order valence-corrected chi connectivity index (χ4v) is 1.29. The fraction of sp³-hybridized carbons (Fsp3) is 0.167. The lowest BCUT2D eigenvalue weighted by Gasteiger charge is -1.86. The molecular weight excluding hydrogens is 176 g/mol. The number of hydrogen-bond acceptors (Lipinski definition) is 2. The van der Waals surface area contributed by atoms with Crippen LogP contribution in [0.1, 0.15) is 25.2 Å². The summed E-state index contributed by atoms with van der Waals surface area (Å²) in [5, 5.41) is 10.0. The number of furan rings is 1. The summed E-state index contributed by atoms with van der Waals surface area (Å²) in [5.41, 5.74) is 1.29. The van der Waals surface area contributed by atoms with E-state index in [1.807, 2.05) is 19.1 Å². The summed E-state index contributed by atoms with van der Waals surface area (Å²) in [4.78, 5) is 0. The number of allylic oxidation sites excluding steroid dienone is 1. The molecule has 1 aromatic rings. The lowest BCUT2D eigenvalue weighted by molar-refractivity contribution is 0.448. The van der Waals surface area contributed by atoms with Gasteiger partial charge in [-0.05, 0) is 19.9 Å². The molecule has 0 amide bonds. The van der Waals surface area contributed by atoms with Crippen LogP contribution in [0.25, 0.3) is 24.5 Å². The molecule has 0 saturated carbocycles. The average molecular weight is 190 g/mol. The molecule has 74 valence electrons. The minimum Gasteiger partial charge on any atom is -0.509 e. The van der Waals surface area contributed by atoms with Crippen molar-refractivity contribution in [3.8, 4) is 0 Å². The van der Waals surface area contributed by atoms with Crippen LogP contribution in [0.4, 0.5) is 0 Å². The zero-order valence-electron chi connectivity index (χ0n) is 8.50. The Balaban J connectivity index is 3.66. The highest BCUT2D eigenvalue weighted by Crippen LogP contribution is 2.06. The maximum absolute atomic E-state index is 9.33. The van der Waals surface area contributed by atoms with Crippen LogP contribution in [0, 0.1) is 0 Å². The van der Waals surface area contributed by atoms with Crippen LogP contribution in [0.2, 0.25) is 0 Å². The molecule has 1 N–H and O–H groups in total. The van der Waals surface area contributed by atoms with Crippen molar-refractivity contribution in [1.82, 2.24) is 0 Å². The highest BCUT2D eigenvalue weighted by atomic mass is 16.4. The minimum absolute atomic E-state index is 0.133. The summed E-state index contributed by atoms with van der Waals surface area (Å²) in [6, 6.07) is 0. The average Bonchev–Trinajstić information content (AvgIpc) is 2.45. The summed E-state index contributed by atoms with van der Waals surface area (Å²) in [7, 11) is 0. The van der Waals surface area contributed by atoms with E-state index in [1.54, 1.807) is 13.0 Å². The molecule has 0 aliphatic rings. The minimum atomic E-state index is 0.133. The van der Waals surface area contributed by atoms with Crippen molar-refractivity contribution >= 4 is 24.5 Å². The molecule has 0 radical (unpaired) electrons. The quantitative estimate of drug-likeness (QED) is 0.774. The van der Waals surface area contributed by atoms with E-state index in [2.05, 4.69) is 13.2 Å². The molecule has 2 heteroatoms. The number of hydrogen-bond donors (Lipinski definition) is 1. The van der Waals surface area contributed by atoms with Crippen LogP contribution in [-0.2, 0) is 0 Å². The summed E-state index contributed by atoms with van der Waals surface area (Å²) >= 11 is 0. The summed E-state index contributed by atoms with van der Waals surface area (Å²) < 4.78 is 5.39. The van der Waals surface area contributed by atoms with Gasteiger partial charge in [-0.1, -0.05) is 25.3 Å². The Hall–Kier alpha value is -1.70. The van der Waals surface area contributed by atoms with E-state index < -0.39 is 0 Å². The summed E-state index contributed by atoms with van der Waals surface area (Å²) in [6.07, 6.45) is 5.38. The van der Waals surface area contributed by atoms with Gasteiger partial charge in [0.25, 0.3) is 0 Å². The van der Waals surface area contributed by atoms with E-state index >= 15 is 0 Å². The molecule has 2 nitrogen and oxygen atoms in total. The molecule has 0 atom stereocenters. The van der Waals surface area contributed by atoms with Crippen LogP contribution in [0.5, 0.6) is 0 Å². The molecule has 1 aromatic heterocycles. The van der Waals surface area contributed by atoms with Crippen LogP contribution < -0.4 is 10.6 Å². The van der Waals surface area contributed by atoms with Gasteiger partial charge in [-0.25, -0.2) is 0 Å². The van der Waals surface area contributed by atoms with Gasteiger partial charge in [-0.2, -0.15) is 0 Å². The SMILES string of the molecule is C=Cc1o/c(=C(/C)O)c(=C)c1/C=C\C. The van der Waals surface area contributed by atoms with Gasteiger partial charge < -0.3 is 9.52 Å². The van der Waals surface area contributed by atoms with Gasteiger partial charge in [0.2, 0.25) is 0 Å². The maximum atomic E-state index is 9.33. The number of aliphatic hydroxyl groups is 1. The van der Waals surface area contributed by atoms with Crippen molar-refractivity contribution in [1.29, 1.82) is 0 Å². The molecule has 0 aliphatic carbocycles. The molecule has 1 heterocycles. The first-order valence-corrected chi connectivity index (χ1v) is 4.38. The zero-order valence-corrected chi connectivity index (χ0v) is 8.50.